The lowest BCUT2D eigenvalue weighted by Gasteiger charge is -2.22. The molecule has 0 spiro atoms. The maximum Gasteiger partial charge on any atom is 0.0943 e. The van der Waals surface area contributed by atoms with Gasteiger partial charge in [-0.3, -0.25) is 0 Å². The monoisotopic (exact) mass is 212 g/mol. The van der Waals surface area contributed by atoms with Gasteiger partial charge >= 0.3 is 0 Å². The Balaban J connectivity index is 2.52. The maximum atomic E-state index is 6.13. The van der Waals surface area contributed by atoms with E-state index in [0.29, 0.717) is 11.8 Å². The number of hydrogen-bond donors (Lipinski definition) is 1. The first kappa shape index (κ1) is 11.7. The molecule has 0 aliphatic heterocycles. The molecule has 1 heterocycles. The van der Waals surface area contributed by atoms with E-state index >= 15 is 0 Å². The molecule has 0 radical (unpaired) electrons. The predicted octanol–water partition coefficient (Wildman–Crippen LogP) is 2.61. The van der Waals surface area contributed by atoms with Crippen LogP contribution in [0.2, 0.25) is 0 Å². The molecule has 0 aliphatic carbocycles. The van der Waals surface area contributed by atoms with Gasteiger partial charge in [0.25, 0.3) is 0 Å². The Hall–Kier alpha value is -0.410. The van der Waals surface area contributed by atoms with Crippen LogP contribution in [0.3, 0.4) is 0 Å². The Kier molecular flexibility index (Phi) is 4.08. The first-order valence-corrected chi connectivity index (χ1v) is 6.05. The molecule has 80 valence electrons. The highest BCUT2D eigenvalue weighted by Crippen LogP contribution is 2.18. The molecule has 0 aliphatic rings. The molecule has 2 N–H and O–H groups in total. The second-order valence-corrected chi connectivity index (χ2v) is 5.30. The number of rotatable bonds is 4. The average molecular weight is 212 g/mol. The highest BCUT2D eigenvalue weighted by molar-refractivity contribution is 7.09. The second-order valence-electron chi connectivity index (χ2n) is 4.35. The van der Waals surface area contributed by atoms with Gasteiger partial charge in [0.05, 0.1) is 5.01 Å². The third-order valence-electron chi connectivity index (χ3n) is 2.80. The van der Waals surface area contributed by atoms with E-state index in [4.69, 9.17) is 5.73 Å². The second kappa shape index (κ2) is 4.89. The molecule has 1 aromatic heterocycles. The van der Waals surface area contributed by atoms with Crippen molar-refractivity contribution in [3.63, 3.8) is 0 Å². The van der Waals surface area contributed by atoms with E-state index in [1.807, 2.05) is 6.92 Å². The van der Waals surface area contributed by atoms with Gasteiger partial charge in [0.15, 0.2) is 0 Å². The average Bonchev–Trinajstić information content (AvgIpc) is 2.49. The largest absolute Gasteiger partial charge is 0.327 e. The van der Waals surface area contributed by atoms with Crippen molar-refractivity contribution in [3.8, 4) is 0 Å². The summed E-state index contributed by atoms with van der Waals surface area (Å²) in [4.78, 5) is 4.43. The van der Waals surface area contributed by atoms with Crippen LogP contribution in [-0.4, -0.2) is 11.0 Å². The topological polar surface area (TPSA) is 38.9 Å². The summed E-state index contributed by atoms with van der Waals surface area (Å²) < 4.78 is 0. The van der Waals surface area contributed by atoms with Gasteiger partial charge in [0.1, 0.15) is 0 Å². The molecule has 0 fully saturated rings. The molecule has 3 heteroatoms. The van der Waals surface area contributed by atoms with E-state index in [1.165, 1.54) is 5.01 Å². The standard InChI is InChI=1S/C11H20N2S/c1-7(2)9(4)10(12)5-11-13-8(3)6-14-11/h6-7,9-10H,5,12H2,1-4H3. The van der Waals surface area contributed by atoms with E-state index < -0.39 is 0 Å². The van der Waals surface area contributed by atoms with Crippen LogP contribution >= 0.6 is 11.3 Å². The molecule has 14 heavy (non-hydrogen) atoms. The molecule has 0 saturated heterocycles. The van der Waals surface area contributed by atoms with Crippen molar-refractivity contribution in [2.75, 3.05) is 0 Å². The van der Waals surface area contributed by atoms with Crippen LogP contribution in [-0.2, 0) is 6.42 Å². The number of nitrogens with zero attached hydrogens (tertiary/aromatic N) is 1. The highest BCUT2D eigenvalue weighted by Gasteiger charge is 2.17. The van der Waals surface area contributed by atoms with Crippen LogP contribution in [0.25, 0.3) is 0 Å². The SMILES string of the molecule is Cc1csc(CC(N)C(C)C(C)C)n1. The summed E-state index contributed by atoms with van der Waals surface area (Å²) in [6.45, 7) is 8.68. The molecular weight excluding hydrogens is 192 g/mol. The molecule has 2 unspecified atom stereocenters. The highest BCUT2D eigenvalue weighted by atomic mass is 32.1. The van der Waals surface area contributed by atoms with Gasteiger partial charge in [0, 0.05) is 23.5 Å². The predicted molar refractivity (Wildman–Crippen MR) is 62.5 cm³/mol. The third-order valence-corrected chi connectivity index (χ3v) is 3.79. The molecule has 1 aromatic rings. The normalized spacial score (nSPS) is 15.9. The van der Waals surface area contributed by atoms with E-state index in [0.717, 1.165) is 12.1 Å². The van der Waals surface area contributed by atoms with Gasteiger partial charge in [0.2, 0.25) is 0 Å². The quantitative estimate of drug-likeness (QED) is 0.833. The number of nitrogens with two attached hydrogens (primary N) is 1. The van der Waals surface area contributed by atoms with Crippen LogP contribution in [0, 0.1) is 18.8 Å². The summed E-state index contributed by atoms with van der Waals surface area (Å²) >= 11 is 1.72. The molecule has 2 atom stereocenters. The minimum absolute atomic E-state index is 0.237. The molecule has 0 aromatic carbocycles. The zero-order valence-corrected chi connectivity index (χ0v) is 10.3. The molecule has 0 bridgehead atoms. The van der Waals surface area contributed by atoms with Crippen molar-refractivity contribution in [2.45, 2.75) is 40.2 Å². The number of thiazole rings is 1. The Bertz CT molecular complexity index is 281. The summed E-state index contributed by atoms with van der Waals surface area (Å²) in [5.41, 5.74) is 7.23. The lowest BCUT2D eigenvalue weighted by molar-refractivity contribution is 0.344. The van der Waals surface area contributed by atoms with Gasteiger partial charge in [-0.05, 0) is 18.8 Å². The minimum Gasteiger partial charge on any atom is -0.327 e. The van der Waals surface area contributed by atoms with E-state index in [1.54, 1.807) is 11.3 Å². The first-order chi connectivity index (χ1) is 6.50. The fourth-order valence-electron chi connectivity index (χ4n) is 1.38. The van der Waals surface area contributed by atoms with Crippen molar-refractivity contribution in [2.24, 2.45) is 17.6 Å². The Labute approximate surface area is 90.6 Å². The van der Waals surface area contributed by atoms with Gasteiger partial charge < -0.3 is 5.73 Å². The summed E-state index contributed by atoms with van der Waals surface area (Å²) in [7, 11) is 0. The summed E-state index contributed by atoms with van der Waals surface area (Å²) in [5.74, 6) is 1.20. The molecule has 2 nitrogen and oxygen atoms in total. The molecular formula is C11H20N2S. The van der Waals surface area contributed by atoms with Crippen LogP contribution in [0.15, 0.2) is 5.38 Å². The fourth-order valence-corrected chi connectivity index (χ4v) is 2.22. The number of aromatic nitrogens is 1. The van der Waals surface area contributed by atoms with Gasteiger partial charge in [-0.25, -0.2) is 4.98 Å². The zero-order chi connectivity index (χ0) is 10.7. The minimum atomic E-state index is 0.237. The Morgan fingerprint density at radius 3 is 2.50 bits per heavy atom. The van der Waals surface area contributed by atoms with Crippen molar-refractivity contribution in [1.29, 1.82) is 0 Å². The van der Waals surface area contributed by atoms with Crippen molar-refractivity contribution >= 4 is 11.3 Å². The Morgan fingerprint density at radius 1 is 1.43 bits per heavy atom. The molecule has 1 rings (SSSR count). The lowest BCUT2D eigenvalue weighted by Crippen LogP contribution is -2.33. The van der Waals surface area contributed by atoms with Gasteiger partial charge in [-0.2, -0.15) is 0 Å². The van der Waals surface area contributed by atoms with Gasteiger partial charge in [-0.15, -0.1) is 11.3 Å². The maximum absolute atomic E-state index is 6.13. The summed E-state index contributed by atoms with van der Waals surface area (Å²) in [6.07, 6.45) is 0.915. The fraction of sp³-hybridized carbons (Fsp3) is 0.727. The van der Waals surface area contributed by atoms with Crippen molar-refractivity contribution < 1.29 is 0 Å². The van der Waals surface area contributed by atoms with Crippen LogP contribution in [0.1, 0.15) is 31.5 Å². The van der Waals surface area contributed by atoms with Gasteiger partial charge in [-0.1, -0.05) is 20.8 Å². The van der Waals surface area contributed by atoms with E-state index in [2.05, 4.69) is 31.1 Å². The summed E-state index contributed by atoms with van der Waals surface area (Å²) in [6, 6.07) is 0.237. The molecule has 0 amide bonds. The van der Waals surface area contributed by atoms with Crippen LogP contribution in [0.5, 0.6) is 0 Å². The number of hydrogen-bond acceptors (Lipinski definition) is 3. The summed E-state index contributed by atoms with van der Waals surface area (Å²) in [5, 5.41) is 3.25. The third kappa shape index (κ3) is 3.07. The van der Waals surface area contributed by atoms with E-state index in [-0.39, 0.29) is 6.04 Å². The smallest absolute Gasteiger partial charge is 0.0943 e. The van der Waals surface area contributed by atoms with E-state index in [9.17, 15) is 0 Å². The zero-order valence-electron chi connectivity index (χ0n) is 9.45. The Morgan fingerprint density at radius 2 is 2.07 bits per heavy atom. The van der Waals surface area contributed by atoms with Crippen LogP contribution < -0.4 is 5.73 Å². The van der Waals surface area contributed by atoms with Crippen molar-refractivity contribution in [3.05, 3.63) is 16.1 Å². The number of aryl methyl sites for hydroxylation is 1. The van der Waals surface area contributed by atoms with Crippen molar-refractivity contribution in [1.82, 2.24) is 4.98 Å². The molecule has 0 saturated carbocycles. The van der Waals surface area contributed by atoms with Crippen LogP contribution in [0.4, 0.5) is 0 Å². The first-order valence-electron chi connectivity index (χ1n) is 5.17. The lowest BCUT2D eigenvalue weighted by atomic mass is 9.89.